The van der Waals surface area contributed by atoms with Crippen LogP contribution in [0.15, 0.2) is 30.7 Å². The summed E-state index contributed by atoms with van der Waals surface area (Å²) >= 11 is 0. The Bertz CT molecular complexity index is 686. The van der Waals surface area contributed by atoms with E-state index in [1.54, 1.807) is 6.20 Å². The van der Waals surface area contributed by atoms with E-state index in [9.17, 15) is 0 Å². The fourth-order valence-corrected chi connectivity index (χ4v) is 1.63. The minimum atomic E-state index is 0.638. The van der Waals surface area contributed by atoms with Gasteiger partial charge in [0.25, 0.3) is 0 Å². The molecule has 3 heterocycles. The maximum atomic E-state index is 4.42. The maximum absolute atomic E-state index is 4.42. The van der Waals surface area contributed by atoms with Crippen molar-refractivity contribution in [3.63, 3.8) is 0 Å². The molecule has 0 bridgehead atoms. The van der Waals surface area contributed by atoms with Crippen LogP contribution in [0.3, 0.4) is 0 Å². The van der Waals surface area contributed by atoms with Crippen LogP contribution in [0.1, 0.15) is 11.4 Å². The molecule has 5 nitrogen and oxygen atoms in total. The Morgan fingerprint density at radius 1 is 1.06 bits per heavy atom. The van der Waals surface area contributed by atoms with Gasteiger partial charge in [0.05, 0.1) is 11.4 Å². The number of nitrogens with zero attached hydrogens (tertiary/aromatic N) is 5. The van der Waals surface area contributed by atoms with E-state index in [4.69, 9.17) is 0 Å². The Morgan fingerprint density at radius 2 is 1.94 bits per heavy atom. The van der Waals surface area contributed by atoms with Gasteiger partial charge in [-0.2, -0.15) is 5.10 Å². The number of hydrogen-bond acceptors (Lipinski definition) is 4. The van der Waals surface area contributed by atoms with Crippen molar-refractivity contribution in [2.45, 2.75) is 13.8 Å². The van der Waals surface area contributed by atoms with Gasteiger partial charge in [-0.25, -0.2) is 9.97 Å². The molecule has 5 heteroatoms. The summed E-state index contributed by atoms with van der Waals surface area (Å²) in [4.78, 5) is 8.66. The molecule has 0 aromatic carbocycles. The summed E-state index contributed by atoms with van der Waals surface area (Å²) in [6.07, 6.45) is 5.60. The van der Waals surface area contributed by atoms with E-state index in [2.05, 4.69) is 20.2 Å². The quantitative estimate of drug-likeness (QED) is 0.633. The molecule has 0 spiro atoms. The summed E-state index contributed by atoms with van der Waals surface area (Å²) in [6.45, 7) is 3.83. The molecular formula is C12H11N5. The van der Waals surface area contributed by atoms with Gasteiger partial charge in [0.15, 0.2) is 5.82 Å². The molecule has 17 heavy (non-hydrogen) atoms. The van der Waals surface area contributed by atoms with Crippen molar-refractivity contribution in [2.24, 2.45) is 0 Å². The number of rotatable bonds is 1. The molecule has 0 radical (unpaired) electrons. The number of pyridine rings is 1. The third kappa shape index (κ3) is 1.65. The molecule has 3 rings (SSSR count). The molecule has 0 fully saturated rings. The number of aromatic nitrogens is 5. The van der Waals surface area contributed by atoms with Crippen molar-refractivity contribution >= 4 is 5.65 Å². The molecule has 3 aromatic rings. The van der Waals surface area contributed by atoms with Crippen LogP contribution in [0.2, 0.25) is 0 Å². The second kappa shape index (κ2) is 3.62. The van der Waals surface area contributed by atoms with Crippen LogP contribution in [-0.2, 0) is 0 Å². The van der Waals surface area contributed by atoms with E-state index in [0.717, 1.165) is 22.6 Å². The Balaban J connectivity index is 2.16. The first-order chi connectivity index (χ1) is 8.24. The average Bonchev–Trinajstić information content (AvgIpc) is 2.79. The van der Waals surface area contributed by atoms with Gasteiger partial charge in [-0.15, -0.1) is 5.10 Å². The minimum Gasteiger partial charge on any atom is -0.307 e. The van der Waals surface area contributed by atoms with Gasteiger partial charge < -0.3 is 4.40 Å². The van der Waals surface area contributed by atoms with Gasteiger partial charge in [0.2, 0.25) is 0 Å². The number of imidazole rings is 1. The second-order valence-electron chi connectivity index (χ2n) is 3.91. The Hall–Kier alpha value is -2.30. The first kappa shape index (κ1) is 9.89. The molecule has 0 aliphatic heterocycles. The predicted octanol–water partition coefficient (Wildman–Crippen LogP) is 1.80. The molecule has 3 aromatic heterocycles. The topological polar surface area (TPSA) is 56.0 Å². The van der Waals surface area contributed by atoms with Crippen molar-refractivity contribution < 1.29 is 0 Å². The Morgan fingerprint density at radius 3 is 2.76 bits per heavy atom. The lowest BCUT2D eigenvalue weighted by Gasteiger charge is -2.02. The summed E-state index contributed by atoms with van der Waals surface area (Å²) < 4.78 is 1.94. The van der Waals surface area contributed by atoms with Gasteiger partial charge >= 0.3 is 0 Å². The lowest BCUT2D eigenvalue weighted by molar-refractivity contribution is 0.904. The SMILES string of the molecule is Cc1nnc(-c2ccn3ccnc3c2)nc1C. The van der Waals surface area contributed by atoms with Gasteiger partial charge in [0.1, 0.15) is 5.65 Å². The number of hydrogen-bond donors (Lipinski definition) is 0. The molecule has 0 saturated carbocycles. The number of aryl methyl sites for hydroxylation is 2. The first-order valence-electron chi connectivity index (χ1n) is 5.35. The summed E-state index contributed by atoms with van der Waals surface area (Å²) in [6, 6.07) is 3.91. The third-order valence-electron chi connectivity index (χ3n) is 2.75. The fourth-order valence-electron chi connectivity index (χ4n) is 1.63. The third-order valence-corrected chi connectivity index (χ3v) is 2.75. The molecule has 0 unspecified atom stereocenters. The molecule has 0 aliphatic carbocycles. The summed E-state index contributed by atoms with van der Waals surface area (Å²) in [5.74, 6) is 0.638. The van der Waals surface area contributed by atoms with Crippen LogP contribution in [0, 0.1) is 13.8 Å². The van der Waals surface area contributed by atoms with Gasteiger partial charge in [-0.3, -0.25) is 0 Å². The van der Waals surface area contributed by atoms with Gasteiger partial charge in [-0.05, 0) is 26.0 Å². The predicted molar refractivity (Wildman–Crippen MR) is 63.5 cm³/mol. The van der Waals surface area contributed by atoms with Gasteiger partial charge in [-0.1, -0.05) is 0 Å². The van der Waals surface area contributed by atoms with E-state index < -0.39 is 0 Å². The van der Waals surface area contributed by atoms with E-state index >= 15 is 0 Å². The molecule has 84 valence electrons. The van der Waals surface area contributed by atoms with E-state index in [0.29, 0.717) is 5.82 Å². The normalized spacial score (nSPS) is 10.9. The molecule has 0 aliphatic rings. The second-order valence-corrected chi connectivity index (χ2v) is 3.91. The van der Waals surface area contributed by atoms with Crippen molar-refractivity contribution in [3.8, 4) is 11.4 Å². The zero-order chi connectivity index (χ0) is 11.8. The van der Waals surface area contributed by atoms with Crippen LogP contribution >= 0.6 is 0 Å². The largest absolute Gasteiger partial charge is 0.307 e. The highest BCUT2D eigenvalue weighted by Gasteiger charge is 2.05. The van der Waals surface area contributed by atoms with Crippen molar-refractivity contribution in [3.05, 3.63) is 42.1 Å². The summed E-state index contributed by atoms with van der Waals surface area (Å²) in [7, 11) is 0. The Kier molecular flexibility index (Phi) is 2.11. The summed E-state index contributed by atoms with van der Waals surface area (Å²) in [5.41, 5.74) is 3.57. The van der Waals surface area contributed by atoms with E-state index in [1.807, 2.05) is 42.8 Å². The van der Waals surface area contributed by atoms with Crippen LogP contribution < -0.4 is 0 Å². The van der Waals surface area contributed by atoms with Crippen molar-refractivity contribution in [2.75, 3.05) is 0 Å². The molecule has 0 amide bonds. The Labute approximate surface area is 98.2 Å². The van der Waals surface area contributed by atoms with Crippen LogP contribution in [0.5, 0.6) is 0 Å². The highest BCUT2D eigenvalue weighted by Crippen LogP contribution is 2.16. The van der Waals surface area contributed by atoms with Gasteiger partial charge in [0, 0.05) is 24.2 Å². The monoisotopic (exact) mass is 225 g/mol. The van der Waals surface area contributed by atoms with E-state index in [1.165, 1.54) is 0 Å². The lowest BCUT2D eigenvalue weighted by Crippen LogP contribution is -1.99. The summed E-state index contributed by atoms with van der Waals surface area (Å²) in [5, 5.41) is 8.19. The highest BCUT2D eigenvalue weighted by molar-refractivity contribution is 5.60. The fraction of sp³-hybridized carbons (Fsp3) is 0.167. The smallest absolute Gasteiger partial charge is 0.182 e. The highest BCUT2D eigenvalue weighted by atomic mass is 15.2. The average molecular weight is 225 g/mol. The lowest BCUT2D eigenvalue weighted by atomic mass is 10.2. The molecule has 0 atom stereocenters. The molecule has 0 N–H and O–H groups in total. The minimum absolute atomic E-state index is 0.638. The van der Waals surface area contributed by atoms with Crippen LogP contribution in [0.25, 0.3) is 17.0 Å². The molecular weight excluding hydrogens is 214 g/mol. The van der Waals surface area contributed by atoms with Crippen LogP contribution in [-0.4, -0.2) is 24.6 Å². The van der Waals surface area contributed by atoms with E-state index in [-0.39, 0.29) is 0 Å². The zero-order valence-corrected chi connectivity index (χ0v) is 9.62. The zero-order valence-electron chi connectivity index (χ0n) is 9.62. The van der Waals surface area contributed by atoms with Crippen molar-refractivity contribution in [1.29, 1.82) is 0 Å². The van der Waals surface area contributed by atoms with Crippen molar-refractivity contribution in [1.82, 2.24) is 24.6 Å². The standard InChI is InChI=1S/C12H11N5/c1-8-9(2)15-16-12(14-8)10-3-5-17-6-4-13-11(17)7-10/h3-7H,1-2H3. The maximum Gasteiger partial charge on any atom is 0.182 e. The number of fused-ring (bicyclic) bond motifs is 1. The first-order valence-corrected chi connectivity index (χ1v) is 5.35. The molecule has 0 saturated heterocycles. The van der Waals surface area contributed by atoms with Crippen LogP contribution in [0.4, 0.5) is 0 Å².